The van der Waals surface area contributed by atoms with Crippen LogP contribution >= 0.6 is 0 Å². The molecule has 0 atom stereocenters. The maximum absolute atomic E-state index is 13.9. The van der Waals surface area contributed by atoms with Crippen LogP contribution in [0.15, 0.2) is 67.1 Å². The number of imidazole rings is 1. The Bertz CT molecular complexity index is 1870. The van der Waals surface area contributed by atoms with Gasteiger partial charge in [0, 0.05) is 29.4 Å². The summed E-state index contributed by atoms with van der Waals surface area (Å²) in [5, 5.41) is 10.5. The monoisotopic (exact) mass is 532 g/mol. The van der Waals surface area contributed by atoms with Crippen molar-refractivity contribution in [2.45, 2.75) is 32.1 Å². The molecule has 0 unspecified atom stereocenters. The fourth-order valence-electron chi connectivity index (χ4n) is 5.38. The molecule has 1 saturated carbocycles. The fourth-order valence-corrected chi connectivity index (χ4v) is 5.38. The molecule has 40 heavy (non-hydrogen) atoms. The molecule has 1 amide bonds. The van der Waals surface area contributed by atoms with Gasteiger partial charge in [-0.15, -0.1) is 0 Å². The lowest BCUT2D eigenvalue weighted by atomic mass is 9.88. The van der Waals surface area contributed by atoms with Crippen molar-refractivity contribution >= 4 is 33.7 Å². The van der Waals surface area contributed by atoms with E-state index in [1.54, 1.807) is 30.7 Å². The predicted molar refractivity (Wildman–Crippen MR) is 151 cm³/mol. The summed E-state index contributed by atoms with van der Waals surface area (Å²) < 4.78 is 13.9. The average Bonchev–Trinajstić information content (AvgIpc) is 3.61. The van der Waals surface area contributed by atoms with Gasteiger partial charge in [0.1, 0.15) is 16.9 Å². The molecule has 198 valence electrons. The molecule has 5 aromatic heterocycles. The predicted octanol–water partition coefficient (Wildman–Crippen LogP) is 6.28. The molecule has 0 saturated heterocycles. The highest BCUT2D eigenvalue weighted by molar-refractivity contribution is 5.95. The first-order chi connectivity index (χ1) is 19.6. The number of rotatable bonds is 5. The van der Waals surface area contributed by atoms with E-state index in [0.717, 1.165) is 42.3 Å². The summed E-state index contributed by atoms with van der Waals surface area (Å²) in [6.45, 7) is 0. The van der Waals surface area contributed by atoms with Crippen molar-refractivity contribution in [3.63, 3.8) is 0 Å². The van der Waals surface area contributed by atoms with Gasteiger partial charge in [-0.05, 0) is 49.2 Å². The summed E-state index contributed by atoms with van der Waals surface area (Å²) in [4.78, 5) is 34.5. The average molecular weight is 533 g/mol. The summed E-state index contributed by atoms with van der Waals surface area (Å²) in [5.74, 6) is 0.286. The largest absolute Gasteiger partial charge is 0.336 e. The molecule has 1 fully saturated rings. The Morgan fingerprint density at radius 2 is 1.77 bits per heavy atom. The lowest BCUT2D eigenvalue weighted by molar-refractivity contribution is -0.120. The minimum Gasteiger partial charge on any atom is -0.336 e. The van der Waals surface area contributed by atoms with Crippen LogP contribution in [0.5, 0.6) is 0 Å². The zero-order chi connectivity index (χ0) is 27.1. The number of aromatic nitrogens is 7. The molecule has 10 heteroatoms. The van der Waals surface area contributed by atoms with Crippen molar-refractivity contribution < 1.29 is 9.18 Å². The van der Waals surface area contributed by atoms with Gasteiger partial charge in [0.25, 0.3) is 0 Å². The number of carbonyl (C=O) groups is 1. The Kier molecular flexibility index (Phi) is 5.99. The lowest BCUT2D eigenvalue weighted by Crippen LogP contribution is -2.24. The second-order valence-electron chi connectivity index (χ2n) is 10.1. The number of fused-ring (bicyclic) bond motifs is 2. The molecule has 6 aromatic rings. The summed E-state index contributed by atoms with van der Waals surface area (Å²) in [6, 6.07) is 13.8. The van der Waals surface area contributed by atoms with E-state index in [1.165, 1.54) is 18.6 Å². The van der Waals surface area contributed by atoms with Crippen LogP contribution in [0.3, 0.4) is 0 Å². The van der Waals surface area contributed by atoms with E-state index in [0.29, 0.717) is 45.2 Å². The van der Waals surface area contributed by atoms with Gasteiger partial charge in [0.2, 0.25) is 5.91 Å². The van der Waals surface area contributed by atoms with E-state index in [9.17, 15) is 9.18 Å². The van der Waals surface area contributed by atoms with Crippen molar-refractivity contribution in [3.05, 3.63) is 72.9 Å². The van der Waals surface area contributed by atoms with E-state index in [4.69, 9.17) is 9.97 Å². The molecular formula is C30H25FN8O. The molecular weight excluding hydrogens is 507 g/mol. The van der Waals surface area contributed by atoms with Crippen molar-refractivity contribution in [2.24, 2.45) is 5.92 Å². The lowest BCUT2D eigenvalue weighted by Gasteiger charge is -2.20. The van der Waals surface area contributed by atoms with Crippen LogP contribution in [0.1, 0.15) is 32.1 Å². The standard InChI is InChI=1S/C30H25FN8O/c31-20-8-4-7-18(13-20)25-26-23(11-12-33-25)36-29(37-26)28-27-24(38-39-28)10-9-22(35-27)19-14-21(16-32-15-19)34-30(40)17-5-2-1-3-6-17/h4,7-17H,1-3,5-6H2,(H,34,40)(H,36,37)(H,38,39). The molecule has 0 spiro atoms. The Hall–Kier alpha value is -4.99. The number of amides is 1. The van der Waals surface area contributed by atoms with Crippen molar-refractivity contribution in [1.82, 2.24) is 35.1 Å². The number of aromatic amines is 2. The minimum absolute atomic E-state index is 0.0520. The molecule has 0 bridgehead atoms. The Labute approximate surface area is 228 Å². The SMILES string of the molecule is O=C(Nc1cncc(-c2ccc3[nH]nc(-c4nc5c(-c6cccc(F)c6)nccc5[nH]4)c3n2)c1)C1CCCCC1. The van der Waals surface area contributed by atoms with Crippen LogP contribution in [0.25, 0.3) is 56.1 Å². The van der Waals surface area contributed by atoms with Gasteiger partial charge < -0.3 is 10.3 Å². The first-order valence-electron chi connectivity index (χ1n) is 13.3. The normalized spacial score (nSPS) is 14.1. The number of H-pyrrole nitrogens is 2. The number of benzene rings is 1. The van der Waals surface area contributed by atoms with Gasteiger partial charge in [0.15, 0.2) is 11.5 Å². The summed E-state index contributed by atoms with van der Waals surface area (Å²) in [7, 11) is 0. The van der Waals surface area contributed by atoms with Crippen LogP contribution in [-0.2, 0) is 4.79 Å². The van der Waals surface area contributed by atoms with E-state index in [-0.39, 0.29) is 17.6 Å². The number of nitrogens with zero attached hydrogens (tertiary/aromatic N) is 5. The third kappa shape index (κ3) is 4.47. The first kappa shape index (κ1) is 24.1. The smallest absolute Gasteiger partial charge is 0.227 e. The Morgan fingerprint density at radius 3 is 2.65 bits per heavy atom. The molecule has 7 rings (SSSR count). The van der Waals surface area contributed by atoms with Gasteiger partial charge in [-0.3, -0.25) is 19.9 Å². The van der Waals surface area contributed by atoms with Gasteiger partial charge >= 0.3 is 0 Å². The zero-order valence-corrected chi connectivity index (χ0v) is 21.5. The van der Waals surface area contributed by atoms with Crippen LogP contribution in [0, 0.1) is 11.7 Å². The topological polar surface area (TPSA) is 125 Å². The quantitative estimate of drug-likeness (QED) is 0.240. The van der Waals surface area contributed by atoms with Gasteiger partial charge in [0.05, 0.1) is 34.3 Å². The molecule has 0 aliphatic heterocycles. The molecule has 1 aliphatic carbocycles. The summed E-state index contributed by atoms with van der Waals surface area (Å²) >= 11 is 0. The van der Waals surface area contributed by atoms with Crippen LogP contribution in [-0.4, -0.2) is 41.0 Å². The number of carbonyl (C=O) groups excluding carboxylic acids is 1. The highest BCUT2D eigenvalue weighted by Gasteiger charge is 2.22. The molecule has 0 radical (unpaired) electrons. The van der Waals surface area contributed by atoms with E-state index >= 15 is 0 Å². The molecule has 1 aromatic carbocycles. The van der Waals surface area contributed by atoms with Crippen LogP contribution in [0.4, 0.5) is 10.1 Å². The minimum atomic E-state index is -0.339. The highest BCUT2D eigenvalue weighted by Crippen LogP contribution is 2.31. The third-order valence-corrected chi connectivity index (χ3v) is 7.41. The number of anilines is 1. The van der Waals surface area contributed by atoms with Gasteiger partial charge in [-0.25, -0.2) is 14.4 Å². The van der Waals surface area contributed by atoms with Gasteiger partial charge in [-0.1, -0.05) is 31.4 Å². The van der Waals surface area contributed by atoms with Crippen molar-refractivity contribution in [2.75, 3.05) is 5.32 Å². The van der Waals surface area contributed by atoms with Crippen molar-refractivity contribution in [3.8, 4) is 34.0 Å². The van der Waals surface area contributed by atoms with Crippen LogP contribution < -0.4 is 5.32 Å². The molecule has 3 N–H and O–H groups in total. The second-order valence-corrected chi connectivity index (χ2v) is 10.1. The maximum atomic E-state index is 13.9. The highest BCUT2D eigenvalue weighted by atomic mass is 19.1. The second kappa shape index (κ2) is 9.96. The zero-order valence-electron chi connectivity index (χ0n) is 21.5. The molecule has 9 nitrogen and oxygen atoms in total. The number of nitrogens with one attached hydrogen (secondary N) is 3. The Balaban J connectivity index is 1.23. The number of pyridine rings is 3. The first-order valence-corrected chi connectivity index (χ1v) is 13.3. The number of hydrogen-bond acceptors (Lipinski definition) is 6. The third-order valence-electron chi connectivity index (χ3n) is 7.41. The molecule has 1 aliphatic rings. The van der Waals surface area contributed by atoms with E-state index in [1.807, 2.05) is 24.3 Å². The van der Waals surface area contributed by atoms with Crippen LogP contribution in [0.2, 0.25) is 0 Å². The maximum Gasteiger partial charge on any atom is 0.227 e. The van der Waals surface area contributed by atoms with E-state index < -0.39 is 0 Å². The Morgan fingerprint density at radius 1 is 0.900 bits per heavy atom. The summed E-state index contributed by atoms with van der Waals surface area (Å²) in [6.07, 6.45) is 10.3. The van der Waals surface area contributed by atoms with Crippen molar-refractivity contribution in [1.29, 1.82) is 0 Å². The number of halogens is 1. The summed E-state index contributed by atoms with van der Waals surface area (Å²) in [5.41, 5.74) is 6.62. The molecule has 5 heterocycles. The van der Waals surface area contributed by atoms with Gasteiger partial charge in [-0.2, -0.15) is 5.10 Å². The number of hydrogen-bond donors (Lipinski definition) is 3. The van der Waals surface area contributed by atoms with E-state index in [2.05, 4.69) is 30.5 Å². The fraction of sp³-hybridized carbons (Fsp3) is 0.200.